The fraction of sp³-hybridized carbons (Fsp3) is 0.316. The zero-order chi connectivity index (χ0) is 27.4. The average molecular weight is 565 g/mol. The molecule has 0 aliphatic heterocycles. The van der Waals surface area contributed by atoms with Gasteiger partial charge in [-0.15, -0.1) is 0 Å². The molecule has 0 saturated carbocycles. The molecular weight excluding hydrogens is 548 g/mol. The van der Waals surface area contributed by atoms with Crippen LogP contribution in [0, 0.1) is 0 Å². The van der Waals surface area contributed by atoms with Crippen molar-refractivity contribution in [3.05, 3.63) is 48.0 Å². The van der Waals surface area contributed by atoms with Gasteiger partial charge in [0.2, 0.25) is 9.84 Å². The number of carbonyl (C=O) groups is 1. The van der Waals surface area contributed by atoms with Crippen molar-refractivity contribution in [3.63, 3.8) is 0 Å². The molecule has 200 valence electrons. The van der Waals surface area contributed by atoms with E-state index in [1.54, 1.807) is 5.32 Å². The molecule has 0 spiro atoms. The first-order valence-electron chi connectivity index (χ1n) is 9.44. The van der Waals surface area contributed by atoms with Gasteiger partial charge >= 0.3 is 27.7 Å². The second kappa shape index (κ2) is 10.9. The number of hydrogen-bond donors (Lipinski definition) is 1. The zero-order valence-electron chi connectivity index (χ0n) is 18.0. The topological polar surface area (TPSA) is 125 Å². The number of sulfone groups is 1. The van der Waals surface area contributed by atoms with Crippen LogP contribution in [0.3, 0.4) is 0 Å². The van der Waals surface area contributed by atoms with E-state index in [0.29, 0.717) is 11.6 Å². The van der Waals surface area contributed by atoms with Gasteiger partial charge in [0, 0.05) is 19.7 Å². The van der Waals surface area contributed by atoms with E-state index in [9.17, 15) is 48.0 Å². The molecule has 36 heavy (non-hydrogen) atoms. The summed E-state index contributed by atoms with van der Waals surface area (Å²) in [6.07, 6.45) is -5.09. The van der Waals surface area contributed by atoms with Crippen LogP contribution in [0.15, 0.2) is 52.3 Å². The van der Waals surface area contributed by atoms with Gasteiger partial charge in [0.15, 0.2) is 18.3 Å². The number of hydrogen-bond acceptors (Lipinski definition) is 8. The van der Waals surface area contributed by atoms with Crippen molar-refractivity contribution >= 4 is 25.9 Å². The Hall–Kier alpha value is -3.05. The van der Waals surface area contributed by atoms with Crippen LogP contribution in [0.2, 0.25) is 0 Å². The minimum atomic E-state index is -6.08. The summed E-state index contributed by atoms with van der Waals surface area (Å²) in [7, 11) is -9.25. The van der Waals surface area contributed by atoms with Crippen molar-refractivity contribution in [1.82, 2.24) is 5.32 Å². The lowest BCUT2D eigenvalue weighted by Crippen LogP contribution is -2.37. The minimum absolute atomic E-state index is 0.0448. The highest BCUT2D eigenvalue weighted by molar-refractivity contribution is 7.91. The number of halogens is 6. The van der Waals surface area contributed by atoms with Crippen LogP contribution in [0.4, 0.5) is 26.3 Å². The van der Waals surface area contributed by atoms with E-state index in [2.05, 4.69) is 8.92 Å². The molecule has 0 radical (unpaired) electrons. The van der Waals surface area contributed by atoms with Gasteiger partial charge in [-0.05, 0) is 36.2 Å². The van der Waals surface area contributed by atoms with Crippen LogP contribution in [-0.4, -0.2) is 54.9 Å². The maximum atomic E-state index is 12.9. The van der Waals surface area contributed by atoms with Crippen LogP contribution in [-0.2, 0) is 35.9 Å². The number of carbonyl (C=O) groups excluding carboxylic acids is 1. The van der Waals surface area contributed by atoms with Gasteiger partial charge < -0.3 is 19.0 Å². The Balaban J connectivity index is 2.27. The molecule has 0 saturated heterocycles. The largest absolute Gasteiger partial charge is 0.534 e. The Morgan fingerprint density at radius 2 is 1.47 bits per heavy atom. The molecule has 0 fully saturated rings. The summed E-state index contributed by atoms with van der Waals surface area (Å²) in [6.45, 7) is -0.960. The van der Waals surface area contributed by atoms with Gasteiger partial charge in [0.25, 0.3) is 0 Å². The predicted molar refractivity (Wildman–Crippen MR) is 109 cm³/mol. The van der Waals surface area contributed by atoms with Crippen molar-refractivity contribution in [2.45, 2.75) is 27.9 Å². The molecule has 0 unspecified atom stereocenters. The van der Waals surface area contributed by atoms with E-state index >= 15 is 0 Å². The van der Waals surface area contributed by atoms with Crippen LogP contribution >= 0.6 is 0 Å². The third-order valence-corrected chi connectivity index (χ3v) is 6.96. The Kier molecular flexibility index (Phi) is 8.85. The number of methoxy groups -OCH3 is 1. The maximum Gasteiger partial charge on any atom is 0.534 e. The lowest BCUT2D eigenvalue weighted by Gasteiger charge is -2.15. The SMILES string of the molecule is COCOc1cc(S(=O)(=O)c2ccc(CCNC(=O)C(F)(F)F)cc2)ccc1OS(=O)(=O)C(F)(F)F. The predicted octanol–water partition coefficient (Wildman–Crippen LogP) is 2.95. The van der Waals surface area contributed by atoms with E-state index in [1.807, 2.05) is 0 Å². The van der Waals surface area contributed by atoms with Crippen molar-refractivity contribution in [2.75, 3.05) is 20.4 Å². The van der Waals surface area contributed by atoms with Crippen molar-refractivity contribution in [2.24, 2.45) is 0 Å². The number of rotatable bonds is 10. The molecule has 0 aliphatic carbocycles. The highest BCUT2D eigenvalue weighted by Crippen LogP contribution is 2.36. The lowest BCUT2D eigenvalue weighted by atomic mass is 10.1. The van der Waals surface area contributed by atoms with E-state index in [-0.39, 0.29) is 17.9 Å². The molecule has 2 aromatic carbocycles. The molecule has 0 atom stereocenters. The molecule has 0 aliphatic rings. The monoisotopic (exact) mass is 565 g/mol. The second-order valence-electron chi connectivity index (χ2n) is 6.79. The van der Waals surface area contributed by atoms with Crippen LogP contribution in [0.25, 0.3) is 0 Å². The van der Waals surface area contributed by atoms with Crippen molar-refractivity contribution in [3.8, 4) is 11.5 Å². The van der Waals surface area contributed by atoms with E-state index in [1.165, 1.54) is 12.1 Å². The lowest BCUT2D eigenvalue weighted by molar-refractivity contribution is -0.173. The average Bonchev–Trinajstić information content (AvgIpc) is 2.77. The first-order chi connectivity index (χ1) is 16.5. The molecule has 0 aromatic heterocycles. The molecular formula is C19H17F6NO8S2. The van der Waals surface area contributed by atoms with Crippen LogP contribution in [0.5, 0.6) is 11.5 Å². The molecule has 1 amide bonds. The fourth-order valence-electron chi connectivity index (χ4n) is 2.52. The number of nitrogens with one attached hydrogen (secondary N) is 1. The second-order valence-corrected chi connectivity index (χ2v) is 10.3. The summed E-state index contributed by atoms with van der Waals surface area (Å²) < 4.78 is 137. The number of ether oxygens (including phenoxy) is 2. The van der Waals surface area contributed by atoms with Crippen molar-refractivity contribution in [1.29, 1.82) is 0 Å². The van der Waals surface area contributed by atoms with E-state index in [0.717, 1.165) is 31.4 Å². The summed E-state index contributed by atoms with van der Waals surface area (Å²) in [5.74, 6) is -3.74. The van der Waals surface area contributed by atoms with Crippen LogP contribution < -0.4 is 14.2 Å². The summed E-state index contributed by atoms with van der Waals surface area (Å²) in [5.41, 5.74) is -5.37. The van der Waals surface area contributed by atoms with E-state index in [4.69, 9.17) is 4.74 Å². The van der Waals surface area contributed by atoms with Gasteiger partial charge in [-0.3, -0.25) is 4.79 Å². The highest BCUT2D eigenvalue weighted by Gasteiger charge is 2.49. The van der Waals surface area contributed by atoms with Gasteiger partial charge in [-0.25, -0.2) is 8.42 Å². The van der Waals surface area contributed by atoms with Crippen LogP contribution in [0.1, 0.15) is 5.56 Å². The number of benzene rings is 2. The number of alkyl halides is 6. The van der Waals surface area contributed by atoms with Gasteiger partial charge in [0.05, 0.1) is 9.79 Å². The Morgan fingerprint density at radius 1 is 0.889 bits per heavy atom. The Labute approximate surface area is 201 Å². The molecule has 0 bridgehead atoms. The maximum absolute atomic E-state index is 12.9. The third-order valence-electron chi connectivity index (χ3n) is 4.23. The minimum Gasteiger partial charge on any atom is -0.464 e. The molecule has 17 heteroatoms. The Morgan fingerprint density at radius 3 is 2.00 bits per heavy atom. The quantitative estimate of drug-likeness (QED) is 0.202. The zero-order valence-corrected chi connectivity index (χ0v) is 19.6. The molecule has 9 nitrogen and oxygen atoms in total. The smallest absolute Gasteiger partial charge is 0.464 e. The van der Waals surface area contributed by atoms with Gasteiger partial charge in [-0.1, -0.05) is 12.1 Å². The first kappa shape index (κ1) is 29.2. The van der Waals surface area contributed by atoms with Gasteiger partial charge in [0.1, 0.15) is 0 Å². The standard InChI is InChI=1S/C19H17F6NO8S2/c1-32-11-33-16-10-14(6-7-15(16)34-36(30,31)19(23,24)25)35(28,29)13-4-2-12(3-5-13)8-9-26-17(27)18(20,21)22/h2-7,10H,8-9,11H2,1H3,(H,26,27). The summed E-state index contributed by atoms with van der Waals surface area (Å²) in [4.78, 5) is 10.00. The summed E-state index contributed by atoms with van der Waals surface area (Å²) in [5, 5.41) is 1.66. The fourth-order valence-corrected chi connectivity index (χ4v) is 4.26. The molecule has 2 rings (SSSR count). The first-order valence-corrected chi connectivity index (χ1v) is 12.3. The van der Waals surface area contributed by atoms with Gasteiger partial charge in [-0.2, -0.15) is 34.8 Å². The normalized spacial score (nSPS) is 12.8. The summed E-state index contributed by atoms with van der Waals surface area (Å²) >= 11 is 0. The molecule has 2 aromatic rings. The molecule has 1 N–H and O–H groups in total. The summed E-state index contributed by atoms with van der Waals surface area (Å²) in [6, 6.07) is 6.96. The van der Waals surface area contributed by atoms with E-state index < -0.39 is 60.7 Å². The Bertz CT molecular complexity index is 1290. The highest BCUT2D eigenvalue weighted by atomic mass is 32.2. The van der Waals surface area contributed by atoms with Crippen molar-refractivity contribution < 1.29 is 61.6 Å². The number of amides is 1. The third kappa shape index (κ3) is 7.23. The molecule has 0 heterocycles.